The molecular weight excluding hydrogens is 751 g/mol. The molecule has 0 aliphatic carbocycles. The third-order valence-electron chi connectivity index (χ3n) is 10.1. The normalized spacial score (nSPS) is 32.4. The predicted octanol–water partition coefficient (Wildman–Crippen LogP) is 4.52. The summed E-state index contributed by atoms with van der Waals surface area (Å²) in [6.45, 7) is 11.1. The van der Waals surface area contributed by atoms with Crippen LogP contribution in [0.2, 0.25) is 0 Å². The molecule has 9 atom stereocenters. The molecule has 14 nitrogen and oxygen atoms in total. The number of phenolic OH excluding ortho intramolecular Hbond substituents is 3. The second kappa shape index (κ2) is 17.1. The molecule has 1 amide bonds. The van der Waals surface area contributed by atoms with E-state index in [0.717, 1.165) is 6.21 Å². The van der Waals surface area contributed by atoms with E-state index in [1.54, 1.807) is 39.8 Å². The number of benzene rings is 2. The number of rotatable bonds is 3. The van der Waals surface area contributed by atoms with Crippen LogP contribution < -0.4 is 10.1 Å². The Morgan fingerprint density at radius 3 is 2.15 bits per heavy atom. The standard InChI is InChI=1S/C37H49N3O11.Y/c1-16-11-10-12-17(2)36(48)40-27-22(15-39-38-8)32(45)24-25(33(27)46)31(44)21(6)34-26(24)35(47)37(7,51-34)50-14-13-23(49-9)18(3)29(42)20(5)30(43)19(4)28(16)41;/h10-16,18-20,23,28-30,41-43H,1-9H3,(H5,38,39,40,44,45,46,47,48);/p-1/b11-10+,14-13+,17-12-;/t16-,18-,19-,20+,23+,28-,29-,30+,37+;/m1./s1. The first-order chi connectivity index (χ1) is 23.9. The summed E-state index contributed by atoms with van der Waals surface area (Å²) in [6, 6.07) is 0. The molecule has 5 bridgehead atoms. The van der Waals surface area contributed by atoms with Crippen molar-refractivity contribution in [2.75, 3.05) is 19.5 Å². The van der Waals surface area contributed by atoms with Crippen LogP contribution in [0.3, 0.4) is 0 Å². The number of nitrogens with one attached hydrogen (secondary N) is 1. The maximum atomic E-state index is 14.1. The van der Waals surface area contributed by atoms with Gasteiger partial charge in [-0.15, -0.1) is 7.05 Å². The Morgan fingerprint density at radius 1 is 0.923 bits per heavy atom. The number of ketones is 1. The van der Waals surface area contributed by atoms with Crippen LogP contribution in [0.4, 0.5) is 5.69 Å². The molecule has 2 aromatic carbocycles. The van der Waals surface area contributed by atoms with Crippen molar-refractivity contribution < 1.29 is 87.1 Å². The van der Waals surface area contributed by atoms with Gasteiger partial charge in [0.05, 0.1) is 52.9 Å². The summed E-state index contributed by atoms with van der Waals surface area (Å²) >= 11 is 0. The third-order valence-corrected chi connectivity index (χ3v) is 10.1. The Balaban J connectivity index is 0.00000729. The van der Waals surface area contributed by atoms with Crippen molar-refractivity contribution in [1.82, 2.24) is 0 Å². The molecule has 0 saturated heterocycles. The first-order valence-electron chi connectivity index (χ1n) is 16.6. The molecule has 5 rings (SSSR count). The fraction of sp³-hybridized carbons (Fsp3) is 0.486. The second-order valence-corrected chi connectivity index (χ2v) is 13.5. The van der Waals surface area contributed by atoms with Crippen LogP contribution in [0.1, 0.15) is 63.0 Å². The molecule has 3 aliphatic rings. The van der Waals surface area contributed by atoms with E-state index < -0.39 is 82.8 Å². The van der Waals surface area contributed by atoms with E-state index in [0.29, 0.717) is 0 Å². The summed E-state index contributed by atoms with van der Waals surface area (Å²) in [5.74, 6) is -7.78. The van der Waals surface area contributed by atoms with Crippen LogP contribution in [0, 0.1) is 30.6 Å². The van der Waals surface area contributed by atoms with Crippen LogP contribution in [0.15, 0.2) is 41.2 Å². The van der Waals surface area contributed by atoms with Gasteiger partial charge in [-0.3, -0.25) is 9.59 Å². The van der Waals surface area contributed by atoms with E-state index >= 15 is 0 Å². The SMILES string of the molecule is C[N-]/N=C/c1c2c(O)c3c(O)c(C)c4c(c3c1O)C(=O)[C@@](C)(O/C=C/[C@H](OC)[C@@H](C)[C@@H](O)[C@H](C)[C@@H](O)[C@H](C)[C@H](O)[C@H](C)/C=C/C=C(/C)C(=O)N2)O4.[Y]. The van der Waals surface area contributed by atoms with Crippen molar-refractivity contribution in [3.8, 4) is 23.0 Å². The largest absolute Gasteiger partial charge is 0.605 e. The number of carbonyl (C=O) groups is 2. The Labute approximate surface area is 328 Å². The monoisotopic (exact) mass is 799 g/mol. The van der Waals surface area contributed by atoms with Crippen molar-refractivity contribution in [3.05, 3.63) is 58.3 Å². The smallest absolute Gasteiger partial charge is 0.312 e. The topological polar surface area (TPSA) is 222 Å². The fourth-order valence-corrected chi connectivity index (χ4v) is 6.60. The van der Waals surface area contributed by atoms with Crippen LogP contribution >= 0.6 is 0 Å². The van der Waals surface area contributed by atoms with E-state index in [2.05, 4.69) is 15.8 Å². The molecule has 52 heavy (non-hydrogen) atoms. The minimum absolute atomic E-state index is 0. The molecule has 3 aliphatic heterocycles. The van der Waals surface area contributed by atoms with Crippen LogP contribution in [0.5, 0.6) is 23.0 Å². The summed E-state index contributed by atoms with van der Waals surface area (Å²) < 4.78 is 17.5. The van der Waals surface area contributed by atoms with Crippen LogP contribution in [0.25, 0.3) is 16.2 Å². The maximum Gasteiger partial charge on any atom is 0.312 e. The summed E-state index contributed by atoms with van der Waals surface area (Å²) in [5.41, 5.74) is 3.17. The van der Waals surface area contributed by atoms with Gasteiger partial charge in [0.25, 0.3) is 11.7 Å². The minimum atomic E-state index is -2.01. The van der Waals surface area contributed by atoms with Gasteiger partial charge in [-0.05, 0) is 19.9 Å². The van der Waals surface area contributed by atoms with Gasteiger partial charge in [-0.1, -0.05) is 45.9 Å². The Hall–Kier alpha value is -3.53. The number of phenols is 3. The Bertz CT molecular complexity index is 1810. The summed E-state index contributed by atoms with van der Waals surface area (Å²) in [6.07, 6.45) is 4.46. The zero-order valence-electron chi connectivity index (χ0n) is 30.8. The number of hydrogen-bond acceptors (Lipinski definition) is 12. The van der Waals surface area contributed by atoms with E-state index in [-0.39, 0.29) is 77.2 Å². The zero-order chi connectivity index (χ0) is 38.1. The minimum Gasteiger partial charge on any atom is -0.605 e. The molecule has 7 N–H and O–H groups in total. The van der Waals surface area contributed by atoms with Gasteiger partial charge in [-0.25, -0.2) is 0 Å². The number of allylic oxidation sites excluding steroid dienone is 2. The van der Waals surface area contributed by atoms with Gasteiger partial charge in [0.1, 0.15) is 17.2 Å². The van der Waals surface area contributed by atoms with Crippen molar-refractivity contribution in [2.24, 2.45) is 28.8 Å². The average Bonchev–Trinajstić information content (AvgIpc) is 3.37. The molecule has 15 heteroatoms. The Kier molecular flexibility index (Phi) is 14.1. The summed E-state index contributed by atoms with van der Waals surface area (Å²) in [4.78, 5) is 27.5. The molecular formula is C37H48N3O11Y-. The number of amides is 1. The number of anilines is 1. The second-order valence-electron chi connectivity index (χ2n) is 13.5. The molecule has 0 aromatic heterocycles. The van der Waals surface area contributed by atoms with Gasteiger partial charge < -0.3 is 60.7 Å². The number of fused-ring (bicyclic) bond motifs is 14. The average molecular weight is 800 g/mol. The van der Waals surface area contributed by atoms with Gasteiger partial charge in [0.15, 0.2) is 5.75 Å². The number of methoxy groups -OCH3 is 1. The van der Waals surface area contributed by atoms with E-state index in [9.17, 15) is 40.2 Å². The van der Waals surface area contributed by atoms with E-state index in [4.69, 9.17) is 14.2 Å². The molecule has 2 aromatic rings. The van der Waals surface area contributed by atoms with Crippen molar-refractivity contribution in [2.45, 2.75) is 78.7 Å². The summed E-state index contributed by atoms with van der Waals surface area (Å²) in [7, 11) is 2.79. The molecule has 0 spiro atoms. The van der Waals surface area contributed by atoms with Gasteiger partial charge >= 0.3 is 5.79 Å². The number of Topliss-reactive ketones (excluding diaryl/α,β-unsaturated/α-hetero) is 1. The first kappa shape index (κ1) is 42.9. The number of ether oxygens (including phenoxy) is 3. The van der Waals surface area contributed by atoms with Crippen molar-refractivity contribution in [1.29, 1.82) is 0 Å². The maximum absolute atomic E-state index is 14.1. The van der Waals surface area contributed by atoms with Gasteiger partial charge in [-0.2, -0.15) is 0 Å². The zero-order valence-corrected chi connectivity index (χ0v) is 33.6. The molecule has 0 unspecified atom stereocenters. The Morgan fingerprint density at radius 2 is 1.54 bits per heavy atom. The number of hydrogen-bond donors (Lipinski definition) is 7. The van der Waals surface area contributed by atoms with Gasteiger partial charge in [0.2, 0.25) is 0 Å². The summed E-state index contributed by atoms with van der Waals surface area (Å²) in [5, 5.41) is 73.9. The first-order valence-corrected chi connectivity index (χ1v) is 16.6. The van der Waals surface area contributed by atoms with E-state index in [1.165, 1.54) is 53.3 Å². The quantitative estimate of drug-likeness (QED) is 0.0991. The molecule has 0 fully saturated rings. The number of aromatic hydroxyl groups is 3. The number of carbonyl (C=O) groups excluding carboxylic acids is 2. The van der Waals surface area contributed by atoms with Gasteiger partial charge in [0, 0.05) is 93.2 Å². The number of aliphatic hydroxyl groups excluding tert-OH is 3. The third kappa shape index (κ3) is 7.87. The predicted molar refractivity (Wildman–Crippen MR) is 191 cm³/mol. The molecule has 3 heterocycles. The number of nitrogens with zero attached hydrogens (tertiary/aromatic N) is 2. The van der Waals surface area contributed by atoms with Crippen LogP contribution in [-0.2, 0) is 47.0 Å². The van der Waals surface area contributed by atoms with E-state index in [1.807, 2.05) is 0 Å². The fourth-order valence-electron chi connectivity index (χ4n) is 6.60. The molecule has 281 valence electrons. The van der Waals surface area contributed by atoms with Crippen molar-refractivity contribution >= 4 is 34.4 Å². The van der Waals surface area contributed by atoms with Crippen LogP contribution in [-0.4, -0.2) is 92.9 Å². The molecule has 1 radical (unpaired) electrons. The van der Waals surface area contributed by atoms with Crippen molar-refractivity contribution in [3.63, 3.8) is 0 Å². The number of aliphatic hydroxyl groups is 3. The molecule has 0 saturated carbocycles.